The van der Waals surface area contributed by atoms with Crippen LogP contribution in [0.2, 0.25) is 0 Å². The van der Waals surface area contributed by atoms with Gasteiger partial charge in [-0.05, 0) is 17.0 Å². The molecule has 0 heterocycles. The molecule has 0 aliphatic heterocycles. The SMILES string of the molecule is C=Cc1cccc([C](C)C)c1. The first-order chi connectivity index (χ1) is 5.24. The Bertz CT molecular complexity index is 246. The Morgan fingerprint density at radius 3 is 2.64 bits per heavy atom. The van der Waals surface area contributed by atoms with Gasteiger partial charge in [0.1, 0.15) is 0 Å². The van der Waals surface area contributed by atoms with Crippen molar-refractivity contribution >= 4 is 6.08 Å². The molecule has 11 heavy (non-hydrogen) atoms. The van der Waals surface area contributed by atoms with E-state index in [9.17, 15) is 0 Å². The molecule has 1 aromatic carbocycles. The summed E-state index contributed by atoms with van der Waals surface area (Å²) < 4.78 is 0. The lowest BCUT2D eigenvalue weighted by atomic mass is 10.0. The van der Waals surface area contributed by atoms with Crippen molar-refractivity contribution in [1.29, 1.82) is 0 Å². The van der Waals surface area contributed by atoms with E-state index in [4.69, 9.17) is 0 Å². The molecule has 0 aromatic heterocycles. The first-order valence-electron chi connectivity index (χ1n) is 3.77. The number of hydrogen-bond donors (Lipinski definition) is 0. The fraction of sp³-hybridized carbons (Fsp3) is 0.182. The highest BCUT2D eigenvalue weighted by atomic mass is 14.0. The van der Waals surface area contributed by atoms with E-state index in [-0.39, 0.29) is 0 Å². The first kappa shape index (κ1) is 8.06. The number of rotatable bonds is 2. The van der Waals surface area contributed by atoms with Crippen LogP contribution in [0.5, 0.6) is 0 Å². The maximum Gasteiger partial charge on any atom is -0.00118 e. The van der Waals surface area contributed by atoms with Crippen molar-refractivity contribution in [1.82, 2.24) is 0 Å². The van der Waals surface area contributed by atoms with Crippen molar-refractivity contribution in [2.45, 2.75) is 13.8 Å². The Hall–Kier alpha value is -1.04. The van der Waals surface area contributed by atoms with Gasteiger partial charge in [0.25, 0.3) is 0 Å². The Morgan fingerprint density at radius 1 is 1.36 bits per heavy atom. The molecular formula is C11H13. The van der Waals surface area contributed by atoms with E-state index < -0.39 is 0 Å². The highest BCUT2D eigenvalue weighted by Crippen LogP contribution is 2.14. The molecule has 0 atom stereocenters. The van der Waals surface area contributed by atoms with Crippen LogP contribution < -0.4 is 0 Å². The third-order valence-electron chi connectivity index (χ3n) is 1.70. The predicted molar refractivity (Wildman–Crippen MR) is 50.2 cm³/mol. The van der Waals surface area contributed by atoms with Crippen molar-refractivity contribution in [3.63, 3.8) is 0 Å². The van der Waals surface area contributed by atoms with Crippen LogP contribution in [0.4, 0.5) is 0 Å². The predicted octanol–water partition coefficient (Wildman–Crippen LogP) is 3.29. The molecule has 0 bridgehead atoms. The van der Waals surface area contributed by atoms with E-state index in [0.717, 1.165) is 0 Å². The summed E-state index contributed by atoms with van der Waals surface area (Å²) in [5, 5.41) is 0. The maximum absolute atomic E-state index is 3.72. The second kappa shape index (κ2) is 3.38. The first-order valence-corrected chi connectivity index (χ1v) is 3.77. The van der Waals surface area contributed by atoms with Gasteiger partial charge in [0.15, 0.2) is 0 Å². The summed E-state index contributed by atoms with van der Waals surface area (Å²) in [7, 11) is 0. The minimum atomic E-state index is 1.18. The second-order valence-electron chi connectivity index (χ2n) is 2.83. The zero-order valence-corrected chi connectivity index (χ0v) is 7.09. The van der Waals surface area contributed by atoms with Crippen LogP contribution in [0.25, 0.3) is 6.08 Å². The molecule has 0 aliphatic carbocycles. The Morgan fingerprint density at radius 2 is 2.09 bits per heavy atom. The van der Waals surface area contributed by atoms with Gasteiger partial charge in [0.2, 0.25) is 0 Å². The van der Waals surface area contributed by atoms with E-state index in [2.05, 4.69) is 44.7 Å². The fourth-order valence-corrected chi connectivity index (χ4v) is 0.977. The van der Waals surface area contributed by atoms with Crippen molar-refractivity contribution in [2.24, 2.45) is 0 Å². The topological polar surface area (TPSA) is 0 Å². The van der Waals surface area contributed by atoms with Crippen molar-refractivity contribution in [2.75, 3.05) is 0 Å². The summed E-state index contributed by atoms with van der Waals surface area (Å²) in [6.07, 6.45) is 1.87. The van der Waals surface area contributed by atoms with Crippen molar-refractivity contribution in [3.05, 3.63) is 47.9 Å². The number of benzene rings is 1. The van der Waals surface area contributed by atoms with Gasteiger partial charge >= 0.3 is 0 Å². The van der Waals surface area contributed by atoms with E-state index >= 15 is 0 Å². The second-order valence-corrected chi connectivity index (χ2v) is 2.83. The molecule has 0 saturated heterocycles. The molecule has 0 fully saturated rings. The minimum Gasteiger partial charge on any atom is -0.0985 e. The fourth-order valence-electron chi connectivity index (χ4n) is 0.977. The normalized spacial score (nSPS) is 10.1. The van der Waals surface area contributed by atoms with E-state index in [1.165, 1.54) is 17.0 Å². The third-order valence-corrected chi connectivity index (χ3v) is 1.70. The van der Waals surface area contributed by atoms with Gasteiger partial charge in [-0.2, -0.15) is 0 Å². The molecular weight excluding hydrogens is 132 g/mol. The Labute approximate surface area is 68.6 Å². The van der Waals surface area contributed by atoms with Gasteiger partial charge in [0.05, 0.1) is 0 Å². The zero-order valence-electron chi connectivity index (χ0n) is 7.09. The summed E-state index contributed by atoms with van der Waals surface area (Å²) in [6, 6.07) is 8.36. The minimum absolute atomic E-state index is 1.18. The lowest BCUT2D eigenvalue weighted by Crippen LogP contribution is -1.87. The van der Waals surface area contributed by atoms with Gasteiger partial charge in [-0.1, -0.05) is 50.8 Å². The third kappa shape index (κ3) is 1.94. The molecule has 1 aromatic rings. The standard InChI is InChI=1S/C11H13/c1-4-10-6-5-7-11(8-10)9(2)3/h4-8H,1H2,2-3H3. The lowest BCUT2D eigenvalue weighted by molar-refractivity contribution is 1.15. The molecule has 0 spiro atoms. The average molecular weight is 145 g/mol. The molecule has 0 N–H and O–H groups in total. The molecule has 0 nitrogen and oxygen atoms in total. The molecule has 1 rings (SSSR count). The van der Waals surface area contributed by atoms with Crippen LogP contribution in [-0.2, 0) is 0 Å². The van der Waals surface area contributed by atoms with Gasteiger partial charge < -0.3 is 0 Å². The van der Waals surface area contributed by atoms with Crippen LogP contribution >= 0.6 is 0 Å². The van der Waals surface area contributed by atoms with E-state index in [0.29, 0.717) is 0 Å². The molecule has 1 radical (unpaired) electrons. The van der Waals surface area contributed by atoms with Gasteiger partial charge in [-0.25, -0.2) is 0 Å². The van der Waals surface area contributed by atoms with Crippen LogP contribution in [-0.4, -0.2) is 0 Å². The average Bonchev–Trinajstić information content (AvgIpc) is 2.05. The smallest absolute Gasteiger partial charge is 0.00118 e. The molecule has 0 heteroatoms. The van der Waals surface area contributed by atoms with Gasteiger partial charge in [-0.3, -0.25) is 0 Å². The Kier molecular flexibility index (Phi) is 2.48. The molecule has 0 amide bonds. The van der Waals surface area contributed by atoms with E-state index in [1.54, 1.807) is 0 Å². The van der Waals surface area contributed by atoms with Crippen molar-refractivity contribution in [3.8, 4) is 0 Å². The summed E-state index contributed by atoms with van der Waals surface area (Å²) in [4.78, 5) is 0. The largest absolute Gasteiger partial charge is 0.0985 e. The number of hydrogen-bond acceptors (Lipinski definition) is 0. The summed E-state index contributed by atoms with van der Waals surface area (Å²) in [5.74, 6) is 1.34. The Balaban J connectivity index is 3.00. The van der Waals surface area contributed by atoms with Gasteiger partial charge in [0, 0.05) is 0 Å². The summed E-state index contributed by atoms with van der Waals surface area (Å²) >= 11 is 0. The van der Waals surface area contributed by atoms with Gasteiger partial charge in [-0.15, -0.1) is 0 Å². The maximum atomic E-state index is 3.72. The molecule has 0 aliphatic rings. The lowest BCUT2D eigenvalue weighted by Gasteiger charge is -2.04. The molecule has 0 unspecified atom stereocenters. The van der Waals surface area contributed by atoms with Crippen LogP contribution in [0.1, 0.15) is 25.0 Å². The summed E-state index contributed by atoms with van der Waals surface area (Å²) in [5.41, 5.74) is 2.48. The molecule has 57 valence electrons. The van der Waals surface area contributed by atoms with Crippen LogP contribution in [0, 0.1) is 5.92 Å². The van der Waals surface area contributed by atoms with Crippen LogP contribution in [0.3, 0.4) is 0 Å². The monoisotopic (exact) mass is 145 g/mol. The summed E-state index contributed by atoms with van der Waals surface area (Å²) in [6.45, 7) is 7.95. The highest BCUT2D eigenvalue weighted by Gasteiger charge is 1.97. The highest BCUT2D eigenvalue weighted by molar-refractivity contribution is 5.49. The zero-order chi connectivity index (χ0) is 8.27. The van der Waals surface area contributed by atoms with Crippen LogP contribution in [0.15, 0.2) is 30.8 Å². The van der Waals surface area contributed by atoms with E-state index in [1.807, 2.05) is 6.08 Å². The van der Waals surface area contributed by atoms with Crippen molar-refractivity contribution < 1.29 is 0 Å². The molecule has 0 saturated carbocycles. The quantitative estimate of drug-likeness (QED) is 0.599.